The van der Waals surface area contributed by atoms with Crippen LogP contribution in [0.2, 0.25) is 10.0 Å². The third kappa shape index (κ3) is 1.95. The summed E-state index contributed by atoms with van der Waals surface area (Å²) in [6, 6.07) is 2.68. The van der Waals surface area contributed by atoms with Crippen LogP contribution in [0, 0.1) is 5.82 Å². The van der Waals surface area contributed by atoms with Crippen LogP contribution in [0.25, 0.3) is 0 Å². The Hall–Kier alpha value is -0.510. The number of nitrogens with one attached hydrogen (secondary N) is 1. The first kappa shape index (κ1) is 10.0. The van der Waals surface area contributed by atoms with Gasteiger partial charge in [0.05, 0.1) is 35.0 Å². The largest absolute Gasteiger partial charge is 0.377 e. The van der Waals surface area contributed by atoms with Gasteiger partial charge in [-0.15, -0.1) is 0 Å². The van der Waals surface area contributed by atoms with E-state index in [2.05, 4.69) is 5.32 Å². The Bertz CT molecular complexity index is 332. The van der Waals surface area contributed by atoms with Crippen LogP contribution >= 0.6 is 23.2 Å². The molecule has 0 spiro atoms. The number of halogens is 3. The summed E-state index contributed by atoms with van der Waals surface area (Å²) in [5.41, 5.74) is 0.572. The first-order valence-electron chi connectivity index (χ1n) is 4.15. The van der Waals surface area contributed by atoms with Gasteiger partial charge in [-0.25, -0.2) is 4.39 Å². The molecule has 0 bridgehead atoms. The highest BCUT2D eigenvalue weighted by molar-refractivity contribution is 6.39. The normalized spacial score (nSPS) is 16.5. The Kier molecular flexibility index (Phi) is 2.81. The van der Waals surface area contributed by atoms with Crippen molar-refractivity contribution in [2.45, 2.75) is 6.04 Å². The summed E-state index contributed by atoms with van der Waals surface area (Å²) >= 11 is 11.7. The summed E-state index contributed by atoms with van der Waals surface area (Å²) in [7, 11) is 0. The molecule has 76 valence electrons. The van der Waals surface area contributed by atoms with Crippen molar-refractivity contribution in [3.05, 3.63) is 28.0 Å². The summed E-state index contributed by atoms with van der Waals surface area (Å²) < 4.78 is 17.8. The minimum atomic E-state index is -0.435. The lowest BCUT2D eigenvalue weighted by atomic mass is 10.2. The van der Waals surface area contributed by atoms with Crippen LogP contribution in [0.1, 0.15) is 0 Å². The van der Waals surface area contributed by atoms with Crippen LogP contribution < -0.4 is 5.32 Å². The predicted molar refractivity (Wildman–Crippen MR) is 54.6 cm³/mol. The van der Waals surface area contributed by atoms with E-state index in [1.165, 1.54) is 12.1 Å². The Labute approximate surface area is 91.0 Å². The molecule has 1 aromatic carbocycles. The fourth-order valence-electron chi connectivity index (χ4n) is 1.20. The second-order valence-electron chi connectivity index (χ2n) is 3.12. The molecule has 0 radical (unpaired) electrons. The molecule has 0 aliphatic carbocycles. The molecule has 14 heavy (non-hydrogen) atoms. The van der Waals surface area contributed by atoms with Crippen molar-refractivity contribution in [2.24, 2.45) is 0 Å². The van der Waals surface area contributed by atoms with Crippen molar-refractivity contribution < 1.29 is 9.13 Å². The predicted octanol–water partition coefficient (Wildman–Crippen LogP) is 2.94. The molecule has 1 N–H and O–H groups in total. The van der Waals surface area contributed by atoms with Crippen molar-refractivity contribution in [1.29, 1.82) is 0 Å². The summed E-state index contributed by atoms with van der Waals surface area (Å²) in [5, 5.41) is 3.67. The zero-order valence-corrected chi connectivity index (χ0v) is 8.70. The van der Waals surface area contributed by atoms with Crippen molar-refractivity contribution in [1.82, 2.24) is 0 Å². The highest BCUT2D eigenvalue weighted by Gasteiger charge is 2.20. The van der Waals surface area contributed by atoms with Gasteiger partial charge < -0.3 is 10.1 Å². The fourth-order valence-corrected chi connectivity index (χ4v) is 1.77. The van der Waals surface area contributed by atoms with Gasteiger partial charge in [-0.3, -0.25) is 0 Å². The maximum absolute atomic E-state index is 12.8. The molecular formula is C9H8Cl2FNO. The highest BCUT2D eigenvalue weighted by Crippen LogP contribution is 2.32. The number of hydrogen-bond acceptors (Lipinski definition) is 2. The van der Waals surface area contributed by atoms with E-state index < -0.39 is 5.82 Å². The van der Waals surface area contributed by atoms with Gasteiger partial charge in [-0.05, 0) is 12.1 Å². The average molecular weight is 236 g/mol. The van der Waals surface area contributed by atoms with E-state index in [1.807, 2.05) is 0 Å². The van der Waals surface area contributed by atoms with Crippen LogP contribution in [-0.4, -0.2) is 19.3 Å². The van der Waals surface area contributed by atoms with Gasteiger partial charge in [0.2, 0.25) is 0 Å². The molecule has 0 aromatic heterocycles. The molecule has 0 atom stereocenters. The van der Waals surface area contributed by atoms with Crippen molar-refractivity contribution in [3.63, 3.8) is 0 Å². The number of ether oxygens (including phenoxy) is 1. The van der Waals surface area contributed by atoms with Gasteiger partial charge in [-0.1, -0.05) is 23.2 Å². The molecular weight excluding hydrogens is 228 g/mol. The topological polar surface area (TPSA) is 21.3 Å². The molecule has 1 aromatic rings. The minimum Gasteiger partial charge on any atom is -0.377 e. The monoisotopic (exact) mass is 235 g/mol. The van der Waals surface area contributed by atoms with Gasteiger partial charge in [0.15, 0.2) is 0 Å². The van der Waals surface area contributed by atoms with Crippen molar-refractivity contribution in [3.8, 4) is 0 Å². The molecule has 0 amide bonds. The number of hydrogen-bond donors (Lipinski definition) is 1. The van der Waals surface area contributed by atoms with E-state index in [1.54, 1.807) is 0 Å². The lowest BCUT2D eigenvalue weighted by Gasteiger charge is -2.28. The highest BCUT2D eigenvalue weighted by atomic mass is 35.5. The maximum Gasteiger partial charge on any atom is 0.126 e. The van der Waals surface area contributed by atoms with Crippen LogP contribution in [0.15, 0.2) is 12.1 Å². The summed E-state index contributed by atoms with van der Waals surface area (Å²) in [6.07, 6.45) is 0. The fraction of sp³-hybridized carbons (Fsp3) is 0.333. The Balaban J connectivity index is 2.22. The second-order valence-corrected chi connectivity index (χ2v) is 3.94. The lowest BCUT2D eigenvalue weighted by Crippen LogP contribution is -2.40. The molecule has 0 unspecified atom stereocenters. The zero-order valence-electron chi connectivity index (χ0n) is 7.19. The number of benzene rings is 1. The van der Waals surface area contributed by atoms with Crippen LogP contribution in [0.4, 0.5) is 10.1 Å². The van der Waals surface area contributed by atoms with E-state index in [4.69, 9.17) is 27.9 Å². The molecule has 1 fully saturated rings. The van der Waals surface area contributed by atoms with Gasteiger partial charge in [-0.2, -0.15) is 0 Å². The van der Waals surface area contributed by atoms with Gasteiger partial charge >= 0.3 is 0 Å². The van der Waals surface area contributed by atoms with Crippen molar-refractivity contribution in [2.75, 3.05) is 18.5 Å². The SMILES string of the molecule is Fc1cc(Cl)c(NC2COC2)c(Cl)c1. The van der Waals surface area contributed by atoms with Gasteiger partial charge in [0.1, 0.15) is 5.82 Å². The van der Waals surface area contributed by atoms with E-state index in [0.717, 1.165) is 0 Å². The second kappa shape index (κ2) is 3.93. The number of rotatable bonds is 2. The Morgan fingerprint density at radius 2 is 1.86 bits per heavy atom. The van der Waals surface area contributed by atoms with Crippen LogP contribution in [0.3, 0.4) is 0 Å². The van der Waals surface area contributed by atoms with Crippen LogP contribution in [-0.2, 0) is 4.74 Å². The number of anilines is 1. The molecule has 1 saturated heterocycles. The summed E-state index contributed by atoms with van der Waals surface area (Å²) in [6.45, 7) is 1.26. The first-order chi connectivity index (χ1) is 6.66. The minimum absolute atomic E-state index is 0.218. The Morgan fingerprint density at radius 3 is 2.29 bits per heavy atom. The average Bonchev–Trinajstić information content (AvgIpc) is 1.98. The molecule has 0 saturated carbocycles. The van der Waals surface area contributed by atoms with E-state index in [9.17, 15) is 4.39 Å². The third-order valence-corrected chi connectivity index (χ3v) is 2.59. The Morgan fingerprint density at radius 1 is 1.29 bits per heavy atom. The quantitative estimate of drug-likeness (QED) is 0.852. The zero-order chi connectivity index (χ0) is 10.1. The molecule has 1 aliphatic rings. The molecule has 2 rings (SSSR count). The maximum atomic E-state index is 12.8. The van der Waals surface area contributed by atoms with E-state index in [0.29, 0.717) is 28.9 Å². The summed E-state index contributed by atoms with van der Waals surface area (Å²) in [4.78, 5) is 0. The van der Waals surface area contributed by atoms with E-state index >= 15 is 0 Å². The van der Waals surface area contributed by atoms with Crippen LogP contribution in [0.5, 0.6) is 0 Å². The molecule has 2 nitrogen and oxygen atoms in total. The molecule has 5 heteroatoms. The van der Waals surface area contributed by atoms with E-state index in [-0.39, 0.29) is 6.04 Å². The summed E-state index contributed by atoms with van der Waals surface area (Å²) in [5.74, 6) is -0.435. The standard InChI is InChI=1S/C9H8Cl2FNO/c10-7-1-5(12)2-8(11)9(7)13-6-3-14-4-6/h1-2,6,13H,3-4H2. The third-order valence-electron chi connectivity index (χ3n) is 1.99. The lowest BCUT2D eigenvalue weighted by molar-refractivity contribution is 0.0211. The smallest absolute Gasteiger partial charge is 0.126 e. The van der Waals surface area contributed by atoms with Gasteiger partial charge in [0, 0.05) is 0 Å². The first-order valence-corrected chi connectivity index (χ1v) is 4.91. The molecule has 1 aliphatic heterocycles. The molecule has 1 heterocycles. The van der Waals surface area contributed by atoms with Gasteiger partial charge in [0.25, 0.3) is 0 Å². The van der Waals surface area contributed by atoms with Crippen molar-refractivity contribution >= 4 is 28.9 Å².